The van der Waals surface area contributed by atoms with Gasteiger partial charge in [-0.25, -0.2) is 4.79 Å². The molecule has 0 bridgehead atoms. The summed E-state index contributed by atoms with van der Waals surface area (Å²) in [5.41, 5.74) is 4.50. The average Bonchev–Trinajstić information content (AvgIpc) is 2.93. The number of nitrogens with zero attached hydrogens (tertiary/aromatic N) is 2. The van der Waals surface area contributed by atoms with Crippen molar-refractivity contribution in [3.05, 3.63) is 101 Å². The first-order valence-corrected chi connectivity index (χ1v) is 13.2. The van der Waals surface area contributed by atoms with Gasteiger partial charge in [-0.15, -0.1) is 0 Å². The molecule has 1 heterocycles. The van der Waals surface area contributed by atoms with E-state index in [0.29, 0.717) is 23.2 Å². The summed E-state index contributed by atoms with van der Waals surface area (Å²) in [4.78, 5) is 55.5. The van der Waals surface area contributed by atoms with Gasteiger partial charge in [0.1, 0.15) is 0 Å². The Hall–Kier alpha value is -4.66. The van der Waals surface area contributed by atoms with Crippen molar-refractivity contribution in [3.63, 3.8) is 0 Å². The second-order valence-corrected chi connectivity index (χ2v) is 10.2. The van der Waals surface area contributed by atoms with Crippen LogP contribution in [0.2, 0.25) is 0 Å². The van der Waals surface area contributed by atoms with Crippen LogP contribution in [0.1, 0.15) is 51.5 Å². The van der Waals surface area contributed by atoms with Crippen molar-refractivity contribution in [1.82, 2.24) is 15.1 Å². The Kier molecular flexibility index (Phi) is 8.83. The summed E-state index contributed by atoms with van der Waals surface area (Å²) in [5, 5.41) is 15.2. The van der Waals surface area contributed by atoms with Crippen LogP contribution in [0.25, 0.3) is 0 Å². The van der Waals surface area contributed by atoms with Crippen molar-refractivity contribution in [2.24, 2.45) is 0 Å². The molecule has 3 aromatic rings. The molecule has 9 nitrogen and oxygen atoms in total. The lowest BCUT2D eigenvalue weighted by atomic mass is 10.0. The van der Waals surface area contributed by atoms with Gasteiger partial charge in [-0.1, -0.05) is 65.2 Å². The third-order valence-corrected chi connectivity index (χ3v) is 6.89. The van der Waals surface area contributed by atoms with Crippen molar-refractivity contribution < 1.29 is 24.3 Å². The summed E-state index contributed by atoms with van der Waals surface area (Å²) >= 11 is 0. The van der Waals surface area contributed by atoms with E-state index >= 15 is 0 Å². The minimum atomic E-state index is -1.28. The van der Waals surface area contributed by atoms with E-state index in [0.717, 1.165) is 16.7 Å². The van der Waals surface area contributed by atoms with E-state index in [2.05, 4.69) is 10.6 Å². The van der Waals surface area contributed by atoms with Gasteiger partial charge in [-0.05, 0) is 57.0 Å². The maximum Gasteiger partial charge on any atom is 0.323 e. The molecule has 2 atom stereocenters. The van der Waals surface area contributed by atoms with E-state index < -0.39 is 36.0 Å². The predicted molar refractivity (Wildman–Crippen MR) is 152 cm³/mol. The quantitative estimate of drug-likeness (QED) is 0.402. The molecule has 0 spiro atoms. The second-order valence-electron chi connectivity index (χ2n) is 10.2. The number of hydrogen-bond donors (Lipinski definition) is 3. The van der Waals surface area contributed by atoms with Gasteiger partial charge in [-0.2, -0.15) is 0 Å². The number of carboxylic acids is 1. The topological polar surface area (TPSA) is 119 Å². The number of benzene rings is 3. The zero-order chi connectivity index (χ0) is 28.8. The third kappa shape index (κ3) is 6.85. The molecule has 1 aliphatic rings. The minimum Gasteiger partial charge on any atom is -0.481 e. The molecule has 208 valence electrons. The van der Waals surface area contributed by atoms with Crippen LogP contribution in [0.4, 0.5) is 10.5 Å². The summed E-state index contributed by atoms with van der Waals surface area (Å²) in [6.45, 7) is 6.22. The highest BCUT2D eigenvalue weighted by atomic mass is 16.4. The summed E-state index contributed by atoms with van der Waals surface area (Å²) in [6.07, 6.45) is -1.17. The fourth-order valence-corrected chi connectivity index (χ4v) is 4.79. The zero-order valence-corrected chi connectivity index (χ0v) is 22.9. The fraction of sp³-hybridized carbons (Fsp3) is 0.290. The highest BCUT2D eigenvalue weighted by Crippen LogP contribution is 2.24. The smallest absolute Gasteiger partial charge is 0.323 e. The van der Waals surface area contributed by atoms with Crippen LogP contribution < -0.4 is 10.6 Å². The summed E-state index contributed by atoms with van der Waals surface area (Å²) in [5.74, 6) is -2.11. The van der Waals surface area contributed by atoms with E-state index in [1.807, 2.05) is 57.2 Å². The van der Waals surface area contributed by atoms with Gasteiger partial charge in [0.05, 0.1) is 12.5 Å². The second kappa shape index (κ2) is 12.5. The normalized spacial score (nSPS) is 15.7. The van der Waals surface area contributed by atoms with Crippen LogP contribution >= 0.6 is 0 Å². The Morgan fingerprint density at radius 1 is 0.850 bits per heavy atom. The molecule has 2 unspecified atom stereocenters. The number of anilines is 1. The number of nitrogens with one attached hydrogen (secondary N) is 2. The first-order chi connectivity index (χ1) is 19.1. The van der Waals surface area contributed by atoms with Crippen LogP contribution in [0, 0.1) is 20.8 Å². The molecule has 1 saturated heterocycles. The minimum absolute atomic E-state index is 0.238. The average molecular weight is 543 g/mol. The summed E-state index contributed by atoms with van der Waals surface area (Å²) < 4.78 is 0. The first kappa shape index (κ1) is 28.4. The number of amides is 4. The molecule has 0 aliphatic carbocycles. The number of aliphatic carboxylic acids is 1. The van der Waals surface area contributed by atoms with E-state index in [1.165, 1.54) is 9.80 Å². The number of aryl methyl sites for hydroxylation is 3. The van der Waals surface area contributed by atoms with Crippen LogP contribution in [0.5, 0.6) is 0 Å². The van der Waals surface area contributed by atoms with Gasteiger partial charge in [0.15, 0.2) is 6.17 Å². The number of hydrogen-bond acceptors (Lipinski definition) is 4. The number of urea groups is 1. The fourth-order valence-electron chi connectivity index (χ4n) is 4.79. The lowest BCUT2D eigenvalue weighted by molar-refractivity contribution is -0.138. The van der Waals surface area contributed by atoms with Gasteiger partial charge < -0.3 is 20.6 Å². The van der Waals surface area contributed by atoms with E-state index in [-0.39, 0.29) is 19.5 Å². The molecule has 3 N–H and O–H groups in total. The Labute approximate surface area is 233 Å². The summed E-state index contributed by atoms with van der Waals surface area (Å²) in [7, 11) is 0. The molecular weight excluding hydrogens is 508 g/mol. The first-order valence-electron chi connectivity index (χ1n) is 13.2. The highest BCUT2D eigenvalue weighted by molar-refractivity contribution is 6.00. The Bertz CT molecular complexity index is 1390. The molecular formula is C31H34N4O5. The maximum absolute atomic E-state index is 13.9. The largest absolute Gasteiger partial charge is 0.481 e. The number of rotatable bonds is 7. The zero-order valence-electron chi connectivity index (χ0n) is 22.9. The van der Waals surface area contributed by atoms with Crippen molar-refractivity contribution in [3.8, 4) is 0 Å². The van der Waals surface area contributed by atoms with E-state index in [4.69, 9.17) is 0 Å². The summed E-state index contributed by atoms with van der Waals surface area (Å²) in [6, 6.07) is 20.1. The van der Waals surface area contributed by atoms with E-state index in [9.17, 15) is 24.3 Å². The molecule has 3 aromatic carbocycles. The Morgan fingerprint density at radius 2 is 1.48 bits per heavy atom. The Morgan fingerprint density at radius 3 is 2.10 bits per heavy atom. The number of carboxylic acid groups (broad SMARTS) is 1. The lowest BCUT2D eigenvalue weighted by Gasteiger charge is -2.43. The highest BCUT2D eigenvalue weighted by Gasteiger charge is 2.41. The molecule has 0 radical (unpaired) electrons. The van der Waals surface area contributed by atoms with Crippen molar-refractivity contribution in [1.29, 1.82) is 0 Å². The van der Waals surface area contributed by atoms with Crippen molar-refractivity contribution >= 4 is 29.5 Å². The lowest BCUT2D eigenvalue weighted by Crippen LogP contribution is -2.64. The molecule has 1 aliphatic heterocycles. The molecule has 4 amide bonds. The molecule has 4 rings (SSSR count). The van der Waals surface area contributed by atoms with Gasteiger partial charge >= 0.3 is 12.0 Å². The van der Waals surface area contributed by atoms with Gasteiger partial charge in [0.2, 0.25) is 0 Å². The molecule has 0 saturated carbocycles. The molecule has 1 fully saturated rings. The standard InChI is InChI=1S/C31H34N4O5/c1-20-8-12-23(13-9-20)30(39)34-16-5-17-35(31(40)32-25-14-10-21(2)11-15-25)29(34)28(38)33-26(19-27(36)37)24-7-4-6-22(3)18-24/h4,6-15,18,26,29H,5,16-17,19H2,1-3H3,(H,32,40)(H,33,38)(H,36,37). The predicted octanol–water partition coefficient (Wildman–Crippen LogP) is 4.65. The molecule has 0 aromatic heterocycles. The monoisotopic (exact) mass is 542 g/mol. The van der Waals surface area contributed by atoms with E-state index in [1.54, 1.807) is 36.4 Å². The van der Waals surface area contributed by atoms with Crippen molar-refractivity contribution in [2.75, 3.05) is 18.4 Å². The Balaban J connectivity index is 1.67. The van der Waals surface area contributed by atoms with Gasteiger partial charge in [0, 0.05) is 24.3 Å². The van der Waals surface area contributed by atoms with Gasteiger partial charge in [-0.3, -0.25) is 19.3 Å². The maximum atomic E-state index is 13.9. The van der Waals surface area contributed by atoms with Crippen molar-refractivity contribution in [2.45, 2.75) is 45.8 Å². The number of carbonyl (C=O) groups is 4. The third-order valence-electron chi connectivity index (χ3n) is 6.89. The SMILES string of the molecule is Cc1ccc(NC(=O)N2CCCN(C(=O)c3ccc(C)cc3)C2C(=O)NC(CC(=O)O)c2cccc(C)c2)cc1. The molecule has 9 heteroatoms. The number of carbonyl (C=O) groups excluding carboxylic acids is 3. The van der Waals surface area contributed by atoms with Crippen LogP contribution in [-0.4, -0.2) is 58.0 Å². The van der Waals surface area contributed by atoms with Gasteiger partial charge in [0.25, 0.3) is 11.8 Å². The van der Waals surface area contributed by atoms with Crippen LogP contribution in [0.15, 0.2) is 72.8 Å². The molecule has 40 heavy (non-hydrogen) atoms. The van der Waals surface area contributed by atoms with Crippen LogP contribution in [0.3, 0.4) is 0 Å². The van der Waals surface area contributed by atoms with Crippen LogP contribution in [-0.2, 0) is 9.59 Å².